The summed E-state index contributed by atoms with van der Waals surface area (Å²) in [6, 6.07) is 12.6. The Hall–Kier alpha value is -4.32. The minimum absolute atomic E-state index is 0.164. The second kappa shape index (κ2) is 8.80. The molecule has 2 heterocycles. The highest BCUT2D eigenvalue weighted by molar-refractivity contribution is 5.97. The monoisotopic (exact) mass is 473 g/mol. The molecule has 35 heavy (non-hydrogen) atoms. The van der Waals surface area contributed by atoms with Gasteiger partial charge < -0.3 is 19.9 Å². The van der Waals surface area contributed by atoms with E-state index in [4.69, 9.17) is 14.6 Å². The number of hydrogen-bond acceptors (Lipinski definition) is 6. The topological polar surface area (TPSA) is 129 Å². The molecule has 2 aromatic rings. The fraction of sp³-hybridized carbons (Fsp3) is 0.308. The summed E-state index contributed by atoms with van der Waals surface area (Å²) in [7, 11) is 0. The average molecular weight is 473 g/mol. The number of ether oxygens (including phenoxy) is 2. The molecular formula is C26H23N3O6. The molecule has 1 aliphatic carbocycles. The van der Waals surface area contributed by atoms with Crippen LogP contribution in [0.3, 0.4) is 0 Å². The molecule has 9 nitrogen and oxygen atoms in total. The number of nitrogens with zero attached hydrogens (tertiary/aromatic N) is 2. The van der Waals surface area contributed by atoms with Gasteiger partial charge in [-0.2, -0.15) is 5.26 Å². The van der Waals surface area contributed by atoms with E-state index in [0.29, 0.717) is 61.6 Å². The first-order valence-electron chi connectivity index (χ1n) is 11.4. The van der Waals surface area contributed by atoms with E-state index in [2.05, 4.69) is 11.4 Å². The van der Waals surface area contributed by atoms with E-state index in [9.17, 15) is 19.6 Å². The highest BCUT2D eigenvalue weighted by Gasteiger charge is 2.61. The number of carbonyl (C=O) groups is 3. The van der Waals surface area contributed by atoms with Crippen molar-refractivity contribution >= 4 is 29.3 Å². The smallest absolute Gasteiger partial charge is 0.414 e. The van der Waals surface area contributed by atoms with E-state index in [1.165, 1.54) is 6.08 Å². The Labute approximate surface area is 201 Å². The zero-order chi connectivity index (χ0) is 24.6. The molecule has 178 valence electrons. The lowest BCUT2D eigenvalue weighted by atomic mass is 9.86. The van der Waals surface area contributed by atoms with E-state index >= 15 is 0 Å². The summed E-state index contributed by atoms with van der Waals surface area (Å²) in [5.74, 6) is -0.792. The van der Waals surface area contributed by atoms with Crippen molar-refractivity contribution in [1.29, 1.82) is 5.26 Å². The summed E-state index contributed by atoms with van der Waals surface area (Å²) < 4.78 is 10.9. The van der Waals surface area contributed by atoms with E-state index in [1.54, 1.807) is 23.1 Å². The highest BCUT2D eigenvalue weighted by Crippen LogP contribution is 2.61. The maximum atomic E-state index is 13.4. The molecule has 0 unspecified atom stereocenters. The number of anilines is 2. The number of carboxylic acid groups (broad SMARTS) is 1. The predicted octanol–water partition coefficient (Wildman–Crippen LogP) is 3.38. The first-order valence-corrected chi connectivity index (χ1v) is 11.4. The van der Waals surface area contributed by atoms with Crippen LogP contribution < -0.4 is 15.0 Å². The summed E-state index contributed by atoms with van der Waals surface area (Å²) in [6.45, 7) is 1.31. The Bertz CT molecular complexity index is 1300. The summed E-state index contributed by atoms with van der Waals surface area (Å²) in [5.41, 5.74) is 2.86. The van der Waals surface area contributed by atoms with Gasteiger partial charge >= 0.3 is 12.1 Å². The molecule has 3 aliphatic rings. The number of benzene rings is 2. The van der Waals surface area contributed by atoms with Crippen LogP contribution in [0.5, 0.6) is 5.75 Å². The first-order chi connectivity index (χ1) is 16.9. The van der Waals surface area contributed by atoms with Crippen molar-refractivity contribution in [1.82, 2.24) is 0 Å². The molecule has 1 saturated carbocycles. The van der Waals surface area contributed by atoms with Crippen molar-refractivity contribution in [2.75, 3.05) is 30.0 Å². The minimum Gasteiger partial charge on any atom is -0.493 e. The lowest BCUT2D eigenvalue weighted by molar-refractivity contribution is -0.131. The third-order valence-corrected chi connectivity index (χ3v) is 6.86. The first kappa shape index (κ1) is 22.5. The average Bonchev–Trinajstić information content (AvgIpc) is 3.40. The number of amides is 2. The van der Waals surface area contributed by atoms with Crippen LogP contribution in [0.2, 0.25) is 0 Å². The number of allylic oxidation sites excluding steroid dienone is 1. The van der Waals surface area contributed by atoms with Crippen LogP contribution in [-0.4, -0.2) is 42.8 Å². The molecule has 2 fully saturated rings. The van der Waals surface area contributed by atoms with Crippen molar-refractivity contribution in [3.63, 3.8) is 0 Å². The molecule has 2 N–H and O–H groups in total. The number of fused-ring (bicyclic) bond motifs is 2. The molecule has 0 aromatic heterocycles. The molecule has 9 heteroatoms. The quantitative estimate of drug-likeness (QED) is 0.616. The van der Waals surface area contributed by atoms with Crippen LogP contribution in [0.1, 0.15) is 29.5 Å². The van der Waals surface area contributed by atoms with Gasteiger partial charge in [-0.3, -0.25) is 9.69 Å². The van der Waals surface area contributed by atoms with Gasteiger partial charge in [-0.05, 0) is 55.2 Å². The lowest BCUT2D eigenvalue weighted by Crippen LogP contribution is -2.28. The Balaban J connectivity index is 1.39. The van der Waals surface area contributed by atoms with Gasteiger partial charge in [0.15, 0.2) is 0 Å². The summed E-state index contributed by atoms with van der Waals surface area (Å²) in [6.07, 6.45) is 3.79. The van der Waals surface area contributed by atoms with Gasteiger partial charge in [-0.15, -0.1) is 0 Å². The second-order valence-corrected chi connectivity index (χ2v) is 8.88. The fourth-order valence-electron chi connectivity index (χ4n) is 4.98. The summed E-state index contributed by atoms with van der Waals surface area (Å²) in [4.78, 5) is 37.8. The zero-order valence-electron chi connectivity index (χ0n) is 18.8. The lowest BCUT2D eigenvalue weighted by Gasteiger charge is -2.28. The molecule has 2 aliphatic heterocycles. The molecular weight excluding hydrogens is 450 g/mol. The molecule has 0 bridgehead atoms. The van der Waals surface area contributed by atoms with Gasteiger partial charge in [-0.1, -0.05) is 12.1 Å². The van der Waals surface area contributed by atoms with Gasteiger partial charge in [0.25, 0.3) is 0 Å². The third-order valence-electron chi connectivity index (χ3n) is 6.86. The van der Waals surface area contributed by atoms with Crippen LogP contribution in [-0.2, 0) is 26.2 Å². The van der Waals surface area contributed by atoms with Crippen LogP contribution in [0.25, 0.3) is 0 Å². The van der Waals surface area contributed by atoms with Crippen molar-refractivity contribution in [3.05, 3.63) is 65.2 Å². The Morgan fingerprint density at radius 2 is 2.09 bits per heavy atom. The summed E-state index contributed by atoms with van der Waals surface area (Å²) in [5, 5.41) is 21.1. The SMILES string of the molecule is N#Cc1ccc(CC=CC(=O)O)c(NC(=O)[C@@H]2C[C@]23CCOc2ccc(N4CCOC4=O)cc23)c1. The number of carboxylic acids is 1. The van der Waals surface area contributed by atoms with Gasteiger partial charge in [-0.25, -0.2) is 9.59 Å². The molecule has 1 spiro atoms. The molecule has 5 rings (SSSR count). The van der Waals surface area contributed by atoms with Crippen LogP contribution in [0.4, 0.5) is 16.2 Å². The number of cyclic esters (lactones) is 1. The van der Waals surface area contributed by atoms with Crippen molar-refractivity contribution in [3.8, 4) is 11.8 Å². The predicted molar refractivity (Wildman–Crippen MR) is 125 cm³/mol. The zero-order valence-corrected chi connectivity index (χ0v) is 18.8. The molecule has 0 radical (unpaired) electrons. The third kappa shape index (κ3) is 4.19. The largest absolute Gasteiger partial charge is 0.493 e. The van der Waals surface area contributed by atoms with Crippen LogP contribution in [0.15, 0.2) is 48.6 Å². The number of nitrogens with one attached hydrogen (secondary N) is 1. The van der Waals surface area contributed by atoms with Gasteiger partial charge in [0, 0.05) is 34.3 Å². The minimum atomic E-state index is -1.05. The second-order valence-electron chi connectivity index (χ2n) is 8.88. The van der Waals surface area contributed by atoms with Gasteiger partial charge in [0.05, 0.1) is 24.8 Å². The van der Waals surface area contributed by atoms with Crippen LogP contribution >= 0.6 is 0 Å². The fourth-order valence-corrected chi connectivity index (χ4v) is 4.98. The number of hydrogen-bond donors (Lipinski definition) is 2. The molecule has 2 atom stereocenters. The molecule has 1 saturated heterocycles. The summed E-state index contributed by atoms with van der Waals surface area (Å²) >= 11 is 0. The van der Waals surface area contributed by atoms with Crippen molar-refractivity contribution in [2.45, 2.75) is 24.7 Å². The number of nitriles is 1. The Morgan fingerprint density at radius 1 is 1.23 bits per heavy atom. The van der Waals surface area contributed by atoms with E-state index in [1.807, 2.05) is 18.2 Å². The van der Waals surface area contributed by atoms with Gasteiger partial charge in [0.2, 0.25) is 5.91 Å². The number of rotatable bonds is 6. The van der Waals surface area contributed by atoms with Gasteiger partial charge in [0.1, 0.15) is 12.4 Å². The van der Waals surface area contributed by atoms with E-state index in [0.717, 1.165) is 17.3 Å². The van der Waals surface area contributed by atoms with Crippen molar-refractivity contribution < 1.29 is 29.0 Å². The maximum absolute atomic E-state index is 13.4. The molecule has 2 aromatic carbocycles. The normalized spacial score (nSPS) is 22.3. The highest BCUT2D eigenvalue weighted by atomic mass is 16.6. The Morgan fingerprint density at radius 3 is 2.83 bits per heavy atom. The number of aliphatic carboxylic acids is 1. The number of carbonyl (C=O) groups excluding carboxylic acids is 2. The molecule has 2 amide bonds. The van der Waals surface area contributed by atoms with E-state index in [-0.39, 0.29) is 23.3 Å². The Kier molecular flexibility index (Phi) is 5.65. The standard InChI is InChI=1S/C26H23N3O6/c27-15-16-4-5-17(2-1-3-23(30)31)21(12-16)28-24(32)20-14-26(20)8-10-34-22-7-6-18(13-19(22)26)29-9-11-35-25(29)33/h1,3-7,12-13,20H,2,8-11,14H2,(H,28,32)(H,30,31)/t20-,26-/m0/s1. The van der Waals surface area contributed by atoms with E-state index < -0.39 is 5.97 Å². The van der Waals surface area contributed by atoms with Crippen LogP contribution in [0, 0.1) is 17.2 Å². The van der Waals surface area contributed by atoms with Crippen molar-refractivity contribution in [2.24, 2.45) is 5.92 Å². The maximum Gasteiger partial charge on any atom is 0.414 e.